The number of rotatable bonds is 2. The van der Waals surface area contributed by atoms with Crippen molar-refractivity contribution in [2.75, 3.05) is 18.0 Å². The van der Waals surface area contributed by atoms with Crippen molar-refractivity contribution in [3.8, 4) is 5.75 Å². The number of phenolic OH excluding ortho intramolecular Hbond substituents is 1. The highest BCUT2D eigenvalue weighted by atomic mass is 32.2. The van der Waals surface area contributed by atoms with Crippen LogP contribution in [0.15, 0.2) is 35.2 Å². The van der Waals surface area contributed by atoms with Gasteiger partial charge in [-0.15, -0.1) is 0 Å². The summed E-state index contributed by atoms with van der Waals surface area (Å²) >= 11 is 0. The molecule has 0 unspecified atom stereocenters. The minimum Gasteiger partial charge on any atom is -0.507 e. The Bertz CT molecular complexity index is 764. The van der Waals surface area contributed by atoms with Gasteiger partial charge in [-0.3, -0.25) is 4.55 Å². The third kappa shape index (κ3) is 2.32. The average molecular weight is 293 g/mol. The summed E-state index contributed by atoms with van der Waals surface area (Å²) in [5.74, 6) is -0.142. The van der Waals surface area contributed by atoms with E-state index in [0.717, 1.165) is 37.7 Å². The van der Waals surface area contributed by atoms with Gasteiger partial charge in [0.15, 0.2) is 0 Å². The molecule has 0 aromatic heterocycles. The Morgan fingerprint density at radius 1 is 1.05 bits per heavy atom. The summed E-state index contributed by atoms with van der Waals surface area (Å²) in [6, 6.07) is 7.95. The van der Waals surface area contributed by atoms with Gasteiger partial charge in [0.1, 0.15) is 5.75 Å². The summed E-state index contributed by atoms with van der Waals surface area (Å²) in [6.07, 6.45) is 2.32. The summed E-state index contributed by atoms with van der Waals surface area (Å²) in [6.45, 7) is 1.99. The molecular weight excluding hydrogens is 278 g/mol. The Balaban J connectivity index is 2.13. The van der Waals surface area contributed by atoms with Crippen LogP contribution < -0.4 is 4.90 Å². The van der Waals surface area contributed by atoms with Crippen LogP contribution in [0, 0.1) is 0 Å². The fraction of sp³-hybridized carbons (Fsp3) is 0.286. The molecule has 1 fully saturated rings. The van der Waals surface area contributed by atoms with Crippen LogP contribution in [0.4, 0.5) is 5.69 Å². The van der Waals surface area contributed by atoms with Crippen molar-refractivity contribution in [2.24, 2.45) is 0 Å². The highest BCUT2D eigenvalue weighted by molar-refractivity contribution is 7.85. The maximum absolute atomic E-state index is 11.1. The Morgan fingerprint density at radius 2 is 1.75 bits per heavy atom. The zero-order valence-corrected chi connectivity index (χ0v) is 11.6. The first kappa shape index (κ1) is 13.2. The van der Waals surface area contributed by atoms with E-state index in [-0.39, 0.29) is 10.6 Å². The minimum atomic E-state index is -4.31. The third-order valence-electron chi connectivity index (χ3n) is 3.66. The minimum absolute atomic E-state index is 0.142. The van der Waals surface area contributed by atoms with Crippen LogP contribution >= 0.6 is 0 Å². The summed E-state index contributed by atoms with van der Waals surface area (Å²) in [5, 5.41) is 11.2. The fourth-order valence-electron chi connectivity index (χ4n) is 2.62. The molecule has 6 heteroatoms. The first-order valence-electron chi connectivity index (χ1n) is 6.44. The number of anilines is 1. The van der Waals surface area contributed by atoms with Gasteiger partial charge in [-0.05, 0) is 36.4 Å². The molecule has 2 aromatic carbocycles. The van der Waals surface area contributed by atoms with E-state index in [2.05, 4.69) is 4.90 Å². The van der Waals surface area contributed by atoms with Crippen LogP contribution in [0.3, 0.4) is 0 Å². The van der Waals surface area contributed by atoms with E-state index in [0.29, 0.717) is 10.8 Å². The largest absolute Gasteiger partial charge is 0.507 e. The zero-order valence-electron chi connectivity index (χ0n) is 10.8. The molecule has 0 radical (unpaired) electrons. The maximum Gasteiger partial charge on any atom is 0.294 e. The molecule has 0 atom stereocenters. The number of fused-ring (bicyclic) bond motifs is 1. The lowest BCUT2D eigenvalue weighted by molar-refractivity contribution is 0.471. The van der Waals surface area contributed by atoms with Gasteiger partial charge >= 0.3 is 0 Å². The molecular formula is C14H15NO4S. The predicted molar refractivity (Wildman–Crippen MR) is 76.9 cm³/mol. The van der Waals surface area contributed by atoms with E-state index in [4.69, 9.17) is 4.55 Å². The number of phenols is 1. The summed E-state index contributed by atoms with van der Waals surface area (Å²) < 4.78 is 31.3. The number of nitrogens with zero attached hydrogens (tertiary/aromatic N) is 1. The molecule has 2 aromatic rings. The molecule has 0 amide bonds. The van der Waals surface area contributed by atoms with Crippen molar-refractivity contribution in [2.45, 2.75) is 17.7 Å². The van der Waals surface area contributed by atoms with Crippen molar-refractivity contribution in [3.63, 3.8) is 0 Å². The molecule has 1 saturated heterocycles. The molecule has 3 rings (SSSR count). The quantitative estimate of drug-likeness (QED) is 0.831. The van der Waals surface area contributed by atoms with Gasteiger partial charge < -0.3 is 10.0 Å². The predicted octanol–water partition coefficient (Wildman–Crippen LogP) is 2.39. The lowest BCUT2D eigenvalue weighted by atomic mass is 10.1. The second kappa shape index (κ2) is 4.64. The smallest absolute Gasteiger partial charge is 0.294 e. The summed E-state index contributed by atoms with van der Waals surface area (Å²) in [4.78, 5) is 1.94. The summed E-state index contributed by atoms with van der Waals surface area (Å²) in [7, 11) is -4.31. The van der Waals surface area contributed by atoms with E-state index in [1.54, 1.807) is 6.07 Å². The molecule has 0 saturated carbocycles. The van der Waals surface area contributed by atoms with Crippen LogP contribution in [0.1, 0.15) is 12.8 Å². The molecule has 1 aliphatic heterocycles. The van der Waals surface area contributed by atoms with E-state index in [1.165, 1.54) is 6.07 Å². The number of aromatic hydroxyl groups is 1. The Kier molecular flexibility index (Phi) is 3.07. The van der Waals surface area contributed by atoms with Gasteiger partial charge in [0.25, 0.3) is 10.1 Å². The Labute approximate surface area is 117 Å². The highest BCUT2D eigenvalue weighted by Crippen LogP contribution is 2.32. The zero-order chi connectivity index (χ0) is 14.3. The van der Waals surface area contributed by atoms with Gasteiger partial charge in [0.05, 0.1) is 4.90 Å². The first-order chi connectivity index (χ1) is 9.45. The Hall–Kier alpha value is -1.79. The molecule has 2 N–H and O–H groups in total. The topological polar surface area (TPSA) is 77.8 Å². The SMILES string of the molecule is O=S(=O)(O)c1cc(O)c2cc(N3CCCC3)ccc2c1. The molecule has 0 bridgehead atoms. The van der Waals surface area contributed by atoms with Gasteiger partial charge in [0, 0.05) is 30.2 Å². The van der Waals surface area contributed by atoms with E-state index in [9.17, 15) is 13.5 Å². The first-order valence-corrected chi connectivity index (χ1v) is 7.88. The summed E-state index contributed by atoms with van der Waals surface area (Å²) in [5.41, 5.74) is 1.02. The molecule has 1 aliphatic rings. The van der Waals surface area contributed by atoms with Crippen LogP contribution in [-0.4, -0.2) is 31.2 Å². The number of benzene rings is 2. The normalized spacial score (nSPS) is 15.9. The molecule has 20 heavy (non-hydrogen) atoms. The van der Waals surface area contributed by atoms with E-state index >= 15 is 0 Å². The standard InChI is InChI=1S/C14H15NO4S/c16-14-9-12(20(17,18)19)7-10-3-4-11(8-13(10)14)15-5-1-2-6-15/h3-4,7-9,16H,1-2,5-6H2,(H,17,18,19). The number of hydrogen-bond donors (Lipinski definition) is 2. The Morgan fingerprint density at radius 3 is 2.40 bits per heavy atom. The molecule has 0 aliphatic carbocycles. The van der Waals surface area contributed by atoms with Gasteiger partial charge in [-0.2, -0.15) is 8.42 Å². The van der Waals surface area contributed by atoms with Crippen molar-refractivity contribution in [3.05, 3.63) is 30.3 Å². The maximum atomic E-state index is 11.1. The average Bonchev–Trinajstić information content (AvgIpc) is 2.91. The molecule has 5 nitrogen and oxygen atoms in total. The van der Waals surface area contributed by atoms with Gasteiger partial charge in [-0.25, -0.2) is 0 Å². The molecule has 106 valence electrons. The third-order valence-corrected chi connectivity index (χ3v) is 4.49. The van der Waals surface area contributed by atoms with Crippen molar-refractivity contribution >= 4 is 26.6 Å². The molecule has 0 spiro atoms. The molecule has 1 heterocycles. The lowest BCUT2D eigenvalue weighted by Crippen LogP contribution is -2.17. The highest BCUT2D eigenvalue weighted by Gasteiger charge is 2.16. The monoisotopic (exact) mass is 293 g/mol. The second-order valence-corrected chi connectivity index (χ2v) is 6.44. The van der Waals surface area contributed by atoms with Gasteiger partial charge in [0.2, 0.25) is 0 Å². The van der Waals surface area contributed by atoms with Crippen LogP contribution in [0.2, 0.25) is 0 Å². The number of hydrogen-bond acceptors (Lipinski definition) is 4. The lowest BCUT2D eigenvalue weighted by Gasteiger charge is -2.18. The van der Waals surface area contributed by atoms with Gasteiger partial charge in [-0.1, -0.05) is 6.07 Å². The van der Waals surface area contributed by atoms with Crippen LogP contribution in [-0.2, 0) is 10.1 Å². The van der Waals surface area contributed by atoms with Crippen molar-refractivity contribution < 1.29 is 18.1 Å². The van der Waals surface area contributed by atoms with Crippen molar-refractivity contribution in [1.82, 2.24) is 0 Å². The van der Waals surface area contributed by atoms with E-state index in [1.807, 2.05) is 12.1 Å². The van der Waals surface area contributed by atoms with E-state index < -0.39 is 10.1 Å². The van der Waals surface area contributed by atoms with Crippen molar-refractivity contribution in [1.29, 1.82) is 0 Å². The fourth-order valence-corrected chi connectivity index (χ4v) is 3.16. The van der Waals surface area contributed by atoms with Crippen LogP contribution in [0.5, 0.6) is 5.75 Å². The van der Waals surface area contributed by atoms with Crippen LogP contribution in [0.25, 0.3) is 10.8 Å². The second-order valence-electron chi connectivity index (χ2n) is 5.02.